The predicted octanol–water partition coefficient (Wildman–Crippen LogP) is 1.74. The largest absolute Gasteiger partial charge is 0.468 e. The summed E-state index contributed by atoms with van der Waals surface area (Å²) in [5.41, 5.74) is 7.35. The Kier molecular flexibility index (Phi) is 12.5. The van der Waals surface area contributed by atoms with Gasteiger partial charge in [0.05, 0.1) is 18.7 Å². The van der Waals surface area contributed by atoms with Crippen molar-refractivity contribution in [1.82, 2.24) is 5.32 Å². The van der Waals surface area contributed by atoms with Crippen LogP contribution in [0.2, 0.25) is 0 Å². The summed E-state index contributed by atoms with van der Waals surface area (Å²) < 4.78 is 4.78. The third kappa shape index (κ3) is 8.82. The van der Waals surface area contributed by atoms with Gasteiger partial charge in [-0.3, -0.25) is 4.79 Å². The Bertz CT molecular complexity index is 491. The Hall–Kier alpha value is -1.26. The molecule has 1 aromatic rings. The van der Waals surface area contributed by atoms with Gasteiger partial charge in [0.2, 0.25) is 0 Å². The lowest BCUT2D eigenvalue weighted by molar-refractivity contribution is -0.142. The maximum atomic E-state index is 11.6. The van der Waals surface area contributed by atoms with Gasteiger partial charge in [0.25, 0.3) is 0 Å². The van der Waals surface area contributed by atoms with E-state index in [0.717, 1.165) is 18.6 Å². The van der Waals surface area contributed by atoms with Gasteiger partial charge in [0, 0.05) is 18.8 Å². The van der Waals surface area contributed by atoms with Gasteiger partial charge in [-0.05, 0) is 36.3 Å². The lowest BCUT2D eigenvalue weighted by atomic mass is 10.1. The van der Waals surface area contributed by atoms with E-state index < -0.39 is 0 Å². The summed E-state index contributed by atoms with van der Waals surface area (Å²) in [5.74, 6) is 1.41. The summed E-state index contributed by atoms with van der Waals surface area (Å²) in [7, 11) is 1.40. The smallest absolute Gasteiger partial charge is 0.323 e. The number of carbonyl (C=O) groups excluding carboxylic acids is 1. The number of nitrogens with one attached hydrogen (secondary N) is 1. The molecule has 0 fully saturated rings. The molecule has 128 valence electrons. The molecule has 7 heteroatoms. The first-order chi connectivity index (χ1) is 10.7. The van der Waals surface area contributed by atoms with E-state index in [2.05, 4.69) is 11.4 Å². The van der Waals surface area contributed by atoms with Crippen LogP contribution >= 0.6 is 24.2 Å². The number of nitriles is 1. The number of hydrogen-bond donors (Lipinski definition) is 2. The normalized spacial score (nSPS) is 11.2. The SMILES string of the molecule is COC(=O)[C@@H](CSCCCc1ccc(C#N)cc1)NCCN.Cl. The van der Waals surface area contributed by atoms with Gasteiger partial charge in [-0.1, -0.05) is 12.1 Å². The molecule has 0 aliphatic heterocycles. The third-order valence-electron chi connectivity index (χ3n) is 3.14. The molecule has 0 aliphatic carbocycles. The van der Waals surface area contributed by atoms with Crippen LogP contribution in [0.25, 0.3) is 0 Å². The van der Waals surface area contributed by atoms with Crippen LogP contribution in [0.1, 0.15) is 17.5 Å². The minimum absolute atomic E-state index is 0. The van der Waals surface area contributed by atoms with Crippen LogP contribution in [-0.2, 0) is 16.0 Å². The molecular weight excluding hydrogens is 334 g/mol. The molecule has 0 aromatic heterocycles. The van der Waals surface area contributed by atoms with Crippen LogP contribution in [0.5, 0.6) is 0 Å². The van der Waals surface area contributed by atoms with E-state index in [1.807, 2.05) is 24.3 Å². The summed E-state index contributed by atoms with van der Waals surface area (Å²) in [5, 5.41) is 11.8. The number of hydrogen-bond acceptors (Lipinski definition) is 6. The highest BCUT2D eigenvalue weighted by Gasteiger charge is 2.17. The van der Waals surface area contributed by atoms with Gasteiger partial charge in [-0.15, -0.1) is 12.4 Å². The highest BCUT2D eigenvalue weighted by Crippen LogP contribution is 2.11. The number of aryl methyl sites for hydroxylation is 1. The van der Waals surface area contributed by atoms with Crippen LogP contribution in [0.15, 0.2) is 24.3 Å². The topological polar surface area (TPSA) is 88.1 Å². The first-order valence-corrected chi connectivity index (χ1v) is 8.44. The van der Waals surface area contributed by atoms with Gasteiger partial charge in [-0.2, -0.15) is 17.0 Å². The van der Waals surface area contributed by atoms with Crippen LogP contribution in [0, 0.1) is 11.3 Å². The second kappa shape index (κ2) is 13.2. The van der Waals surface area contributed by atoms with Gasteiger partial charge in [-0.25, -0.2) is 0 Å². The van der Waals surface area contributed by atoms with Crippen LogP contribution in [0.3, 0.4) is 0 Å². The van der Waals surface area contributed by atoms with Gasteiger partial charge < -0.3 is 15.8 Å². The monoisotopic (exact) mass is 357 g/mol. The van der Waals surface area contributed by atoms with Crippen molar-refractivity contribution in [1.29, 1.82) is 5.26 Å². The average molecular weight is 358 g/mol. The maximum Gasteiger partial charge on any atom is 0.323 e. The number of ether oxygens (including phenoxy) is 1. The van der Waals surface area contributed by atoms with Crippen LogP contribution in [0.4, 0.5) is 0 Å². The minimum Gasteiger partial charge on any atom is -0.468 e. The first kappa shape index (κ1) is 21.7. The van der Waals surface area contributed by atoms with E-state index in [1.54, 1.807) is 11.8 Å². The third-order valence-corrected chi connectivity index (χ3v) is 4.29. The molecule has 0 saturated heterocycles. The fraction of sp³-hybridized carbons (Fsp3) is 0.500. The lowest BCUT2D eigenvalue weighted by Gasteiger charge is -2.15. The van der Waals surface area contributed by atoms with E-state index in [9.17, 15) is 4.79 Å². The van der Waals surface area contributed by atoms with Crippen molar-refractivity contribution in [3.8, 4) is 6.07 Å². The Morgan fingerprint density at radius 2 is 2.13 bits per heavy atom. The number of nitrogens with zero attached hydrogens (tertiary/aromatic N) is 1. The Balaban J connectivity index is 0.00000484. The molecule has 23 heavy (non-hydrogen) atoms. The van der Waals surface area contributed by atoms with Crippen molar-refractivity contribution < 1.29 is 9.53 Å². The van der Waals surface area contributed by atoms with Gasteiger partial charge in [0.1, 0.15) is 6.04 Å². The molecule has 0 heterocycles. The highest BCUT2D eigenvalue weighted by molar-refractivity contribution is 7.99. The van der Waals surface area contributed by atoms with Crippen LogP contribution in [-0.4, -0.2) is 43.7 Å². The van der Waals surface area contributed by atoms with Crippen molar-refractivity contribution in [2.24, 2.45) is 5.73 Å². The number of esters is 1. The Morgan fingerprint density at radius 3 is 2.70 bits per heavy atom. The van der Waals surface area contributed by atoms with E-state index in [1.165, 1.54) is 12.7 Å². The average Bonchev–Trinajstić information content (AvgIpc) is 2.57. The standard InChI is InChI=1S/C16H23N3O2S.ClH/c1-21-16(20)15(19-9-8-17)12-22-10-2-3-13-4-6-14(11-18)7-5-13;/h4-7,15,19H,2-3,8-10,12,17H2,1H3;1H/t15-;/m1./s1. The molecule has 0 amide bonds. The molecule has 1 rings (SSSR count). The summed E-state index contributed by atoms with van der Waals surface area (Å²) in [4.78, 5) is 11.6. The van der Waals surface area contributed by atoms with Gasteiger partial charge >= 0.3 is 5.97 Å². The summed E-state index contributed by atoms with van der Waals surface area (Å²) in [6.07, 6.45) is 2.00. The molecule has 5 nitrogen and oxygen atoms in total. The van der Waals surface area contributed by atoms with Crippen molar-refractivity contribution >= 4 is 30.1 Å². The van der Waals surface area contributed by atoms with Crippen LogP contribution < -0.4 is 11.1 Å². The number of benzene rings is 1. The first-order valence-electron chi connectivity index (χ1n) is 7.29. The predicted molar refractivity (Wildman–Crippen MR) is 96.9 cm³/mol. The fourth-order valence-electron chi connectivity index (χ4n) is 1.94. The molecule has 0 unspecified atom stereocenters. The zero-order valence-electron chi connectivity index (χ0n) is 13.3. The fourth-order valence-corrected chi connectivity index (χ4v) is 2.94. The molecule has 0 spiro atoms. The van der Waals surface area contributed by atoms with Gasteiger partial charge in [0.15, 0.2) is 0 Å². The molecule has 0 aliphatic rings. The van der Waals surface area contributed by atoms with E-state index in [-0.39, 0.29) is 24.4 Å². The number of methoxy groups -OCH3 is 1. The number of carbonyl (C=O) groups is 1. The maximum absolute atomic E-state index is 11.6. The van der Waals surface area contributed by atoms with Crippen molar-refractivity contribution in [2.45, 2.75) is 18.9 Å². The molecule has 0 radical (unpaired) electrons. The second-order valence-corrected chi connectivity index (χ2v) is 5.96. The lowest BCUT2D eigenvalue weighted by Crippen LogP contribution is -2.42. The highest BCUT2D eigenvalue weighted by atomic mass is 35.5. The van der Waals surface area contributed by atoms with Crippen molar-refractivity contribution in [2.75, 3.05) is 31.7 Å². The number of thioether (sulfide) groups is 1. The Labute approximate surface area is 148 Å². The number of halogens is 1. The Morgan fingerprint density at radius 1 is 1.43 bits per heavy atom. The van der Waals surface area contributed by atoms with E-state index in [0.29, 0.717) is 24.4 Å². The van der Waals surface area contributed by atoms with Crippen molar-refractivity contribution in [3.63, 3.8) is 0 Å². The van der Waals surface area contributed by atoms with E-state index >= 15 is 0 Å². The number of rotatable bonds is 10. The quantitative estimate of drug-likeness (QED) is 0.490. The number of nitrogens with two attached hydrogens (primary N) is 1. The molecule has 0 saturated carbocycles. The summed E-state index contributed by atoms with van der Waals surface area (Å²) in [6.45, 7) is 1.10. The molecule has 1 atom stereocenters. The van der Waals surface area contributed by atoms with Crippen molar-refractivity contribution in [3.05, 3.63) is 35.4 Å². The second-order valence-electron chi connectivity index (χ2n) is 4.81. The zero-order chi connectivity index (χ0) is 16.2. The summed E-state index contributed by atoms with van der Waals surface area (Å²) in [6, 6.07) is 9.47. The minimum atomic E-state index is -0.298. The molecular formula is C16H24ClN3O2S. The molecule has 0 bridgehead atoms. The molecule has 3 N–H and O–H groups in total. The molecule has 1 aromatic carbocycles. The zero-order valence-corrected chi connectivity index (χ0v) is 14.9. The van der Waals surface area contributed by atoms with E-state index in [4.69, 9.17) is 15.7 Å². The summed E-state index contributed by atoms with van der Waals surface area (Å²) >= 11 is 1.73.